The fraction of sp³-hybridized carbons (Fsp3) is 0.821. The second-order valence-corrected chi connectivity index (χ2v) is 11.3. The smallest absolute Gasteiger partial charge is 0.472 e. The summed E-state index contributed by atoms with van der Waals surface area (Å²) >= 11 is 0. The summed E-state index contributed by atoms with van der Waals surface area (Å²) in [5, 5.41) is 8.74. The standard InChI is InChI=1S/C28H52NO10P/c1-3-5-6-7-8-9-10-11-12-13-14-15-16-17-18-20-27(31)39-24(21-36-26(30)19-4-2)22-37-40(34,35)38-23-25(29)28(32)33/h11-12,24-25H,3-10,13-23,29H2,1-2H3,(H,32,33)(H,34,35)/b12-11-. The van der Waals surface area contributed by atoms with Crippen molar-refractivity contribution in [1.82, 2.24) is 0 Å². The van der Waals surface area contributed by atoms with Crippen molar-refractivity contribution in [2.24, 2.45) is 5.73 Å². The molecule has 4 N–H and O–H groups in total. The molecule has 40 heavy (non-hydrogen) atoms. The molecule has 0 aliphatic carbocycles. The Kier molecular flexibility index (Phi) is 23.9. The Hall–Kier alpha value is -1.78. The predicted octanol–water partition coefficient (Wildman–Crippen LogP) is 5.82. The largest absolute Gasteiger partial charge is 0.480 e. The van der Waals surface area contributed by atoms with Crippen molar-refractivity contribution in [2.75, 3.05) is 19.8 Å². The number of phosphoric acid groups is 1. The number of nitrogens with two attached hydrogens (primary N) is 1. The van der Waals surface area contributed by atoms with Crippen molar-refractivity contribution in [3.63, 3.8) is 0 Å². The first-order valence-electron chi connectivity index (χ1n) is 14.7. The van der Waals surface area contributed by atoms with E-state index in [1.54, 1.807) is 6.92 Å². The summed E-state index contributed by atoms with van der Waals surface area (Å²) in [6, 6.07) is -1.51. The number of aliphatic carboxylic acids is 1. The second kappa shape index (κ2) is 25.0. The summed E-state index contributed by atoms with van der Waals surface area (Å²) in [4.78, 5) is 44.5. The number of carbonyl (C=O) groups is 3. The van der Waals surface area contributed by atoms with Crippen molar-refractivity contribution in [3.05, 3.63) is 12.2 Å². The highest BCUT2D eigenvalue weighted by Crippen LogP contribution is 2.43. The van der Waals surface area contributed by atoms with Crippen LogP contribution >= 0.6 is 7.82 Å². The van der Waals surface area contributed by atoms with E-state index in [4.69, 9.17) is 24.8 Å². The zero-order valence-corrected chi connectivity index (χ0v) is 25.3. The Morgan fingerprint density at radius 3 is 1.88 bits per heavy atom. The SMILES string of the molecule is CCCCCCCC/C=C\CCCCCCCC(=O)OC(COC(=O)CCC)COP(=O)(O)OCC(N)C(=O)O. The van der Waals surface area contributed by atoms with Gasteiger partial charge in [-0.25, -0.2) is 4.57 Å². The van der Waals surface area contributed by atoms with Crippen LogP contribution in [0.5, 0.6) is 0 Å². The third kappa shape index (κ3) is 24.1. The summed E-state index contributed by atoms with van der Waals surface area (Å²) in [5.41, 5.74) is 5.24. The van der Waals surface area contributed by atoms with E-state index >= 15 is 0 Å². The Bertz CT molecular complexity index is 761. The minimum Gasteiger partial charge on any atom is -0.480 e. The highest BCUT2D eigenvalue weighted by molar-refractivity contribution is 7.47. The van der Waals surface area contributed by atoms with E-state index in [2.05, 4.69) is 23.6 Å². The van der Waals surface area contributed by atoms with Gasteiger partial charge < -0.3 is 25.2 Å². The maximum atomic E-state index is 12.3. The molecule has 234 valence electrons. The molecule has 12 heteroatoms. The molecule has 0 spiro atoms. The summed E-state index contributed by atoms with van der Waals surface area (Å²) in [5.74, 6) is -2.46. The molecule has 0 radical (unpaired) electrons. The Labute approximate surface area is 239 Å². The lowest BCUT2D eigenvalue weighted by atomic mass is 10.1. The number of unbranched alkanes of at least 4 members (excludes halogenated alkanes) is 11. The van der Waals surface area contributed by atoms with Crippen LogP contribution in [0.1, 0.15) is 117 Å². The molecule has 0 aromatic heterocycles. The minimum atomic E-state index is -4.68. The minimum absolute atomic E-state index is 0.151. The van der Waals surface area contributed by atoms with E-state index in [0.717, 1.165) is 38.5 Å². The summed E-state index contributed by atoms with van der Waals surface area (Å²) < 4.78 is 31.7. The van der Waals surface area contributed by atoms with Gasteiger partial charge in [0.25, 0.3) is 0 Å². The number of hydrogen-bond donors (Lipinski definition) is 3. The molecule has 0 rings (SSSR count). The highest BCUT2D eigenvalue weighted by atomic mass is 31.2. The maximum absolute atomic E-state index is 12.3. The average Bonchev–Trinajstić information content (AvgIpc) is 2.91. The van der Waals surface area contributed by atoms with Gasteiger partial charge in [0.2, 0.25) is 0 Å². The predicted molar refractivity (Wildman–Crippen MR) is 153 cm³/mol. The van der Waals surface area contributed by atoms with Gasteiger partial charge in [-0.15, -0.1) is 0 Å². The zero-order valence-electron chi connectivity index (χ0n) is 24.4. The molecule has 3 unspecified atom stereocenters. The number of phosphoric ester groups is 1. The van der Waals surface area contributed by atoms with Crippen LogP contribution in [0.15, 0.2) is 12.2 Å². The van der Waals surface area contributed by atoms with Crippen molar-refractivity contribution < 1.29 is 47.5 Å². The third-order valence-electron chi connectivity index (χ3n) is 5.98. The Morgan fingerprint density at radius 1 is 0.750 bits per heavy atom. The molecular formula is C28H52NO10P. The molecule has 0 aliphatic rings. The van der Waals surface area contributed by atoms with E-state index < -0.39 is 51.1 Å². The van der Waals surface area contributed by atoms with Gasteiger partial charge in [-0.1, -0.05) is 77.4 Å². The number of esters is 2. The number of carboxylic acids is 1. The van der Waals surface area contributed by atoms with Crippen LogP contribution < -0.4 is 5.73 Å². The van der Waals surface area contributed by atoms with E-state index in [0.29, 0.717) is 12.8 Å². The summed E-state index contributed by atoms with van der Waals surface area (Å²) in [6.07, 6.45) is 19.1. The van der Waals surface area contributed by atoms with Crippen LogP contribution in [0, 0.1) is 0 Å². The van der Waals surface area contributed by atoms with E-state index in [1.165, 1.54) is 38.5 Å². The normalized spacial score (nSPS) is 14.5. The van der Waals surface area contributed by atoms with Crippen LogP contribution in [0.3, 0.4) is 0 Å². The van der Waals surface area contributed by atoms with Crippen molar-refractivity contribution in [2.45, 2.75) is 129 Å². The van der Waals surface area contributed by atoms with E-state index in [1.807, 2.05) is 0 Å². The summed E-state index contributed by atoms with van der Waals surface area (Å²) in [6.45, 7) is 2.33. The number of ether oxygens (including phenoxy) is 2. The lowest BCUT2D eigenvalue weighted by molar-refractivity contribution is -0.161. The number of carbonyl (C=O) groups excluding carboxylic acids is 2. The van der Waals surface area contributed by atoms with Gasteiger partial charge in [0.1, 0.15) is 12.6 Å². The fourth-order valence-electron chi connectivity index (χ4n) is 3.62. The molecule has 0 saturated heterocycles. The Morgan fingerprint density at radius 2 is 1.30 bits per heavy atom. The lowest BCUT2D eigenvalue weighted by Crippen LogP contribution is -2.34. The first-order valence-corrected chi connectivity index (χ1v) is 16.2. The molecule has 0 aromatic carbocycles. The van der Waals surface area contributed by atoms with E-state index in [-0.39, 0.29) is 19.4 Å². The van der Waals surface area contributed by atoms with Crippen LogP contribution in [0.25, 0.3) is 0 Å². The van der Waals surface area contributed by atoms with Gasteiger partial charge in [-0.2, -0.15) is 0 Å². The second-order valence-electron chi connectivity index (χ2n) is 9.88. The van der Waals surface area contributed by atoms with Crippen LogP contribution in [0.4, 0.5) is 0 Å². The quantitative estimate of drug-likeness (QED) is 0.0453. The first kappa shape index (κ1) is 38.2. The molecule has 0 heterocycles. The molecule has 0 fully saturated rings. The van der Waals surface area contributed by atoms with Crippen molar-refractivity contribution in [1.29, 1.82) is 0 Å². The molecule has 3 atom stereocenters. The number of rotatable bonds is 27. The molecule has 0 aromatic rings. The van der Waals surface area contributed by atoms with Crippen LogP contribution in [-0.2, 0) is 37.5 Å². The van der Waals surface area contributed by atoms with Crippen molar-refractivity contribution in [3.8, 4) is 0 Å². The molecule has 11 nitrogen and oxygen atoms in total. The van der Waals surface area contributed by atoms with Crippen molar-refractivity contribution >= 4 is 25.7 Å². The topological polar surface area (TPSA) is 172 Å². The van der Waals surface area contributed by atoms with Gasteiger partial charge in [0.05, 0.1) is 13.2 Å². The van der Waals surface area contributed by atoms with Crippen LogP contribution in [-0.4, -0.2) is 59.9 Å². The maximum Gasteiger partial charge on any atom is 0.472 e. The Balaban J connectivity index is 4.24. The molecule has 0 bridgehead atoms. The third-order valence-corrected chi connectivity index (χ3v) is 6.93. The first-order chi connectivity index (χ1) is 19.1. The summed E-state index contributed by atoms with van der Waals surface area (Å²) in [7, 11) is -4.68. The van der Waals surface area contributed by atoms with Gasteiger partial charge >= 0.3 is 25.7 Å². The monoisotopic (exact) mass is 593 g/mol. The molecule has 0 saturated carbocycles. The number of hydrogen-bond acceptors (Lipinski definition) is 9. The zero-order chi connectivity index (χ0) is 30.1. The van der Waals surface area contributed by atoms with E-state index in [9.17, 15) is 23.8 Å². The fourth-order valence-corrected chi connectivity index (χ4v) is 4.40. The van der Waals surface area contributed by atoms with Gasteiger partial charge in [-0.05, 0) is 38.5 Å². The van der Waals surface area contributed by atoms with Gasteiger partial charge in [-0.3, -0.25) is 23.4 Å². The lowest BCUT2D eigenvalue weighted by Gasteiger charge is -2.20. The van der Waals surface area contributed by atoms with Gasteiger partial charge in [0.15, 0.2) is 6.10 Å². The average molecular weight is 594 g/mol. The highest BCUT2D eigenvalue weighted by Gasteiger charge is 2.28. The van der Waals surface area contributed by atoms with Crippen LogP contribution in [0.2, 0.25) is 0 Å². The number of allylic oxidation sites excluding steroid dienone is 2. The molecule has 0 aliphatic heterocycles. The van der Waals surface area contributed by atoms with Gasteiger partial charge in [0, 0.05) is 12.8 Å². The molecular weight excluding hydrogens is 541 g/mol. The molecule has 0 amide bonds. The number of carboxylic acid groups (broad SMARTS) is 1.